The number of hydrogen-bond acceptors (Lipinski definition) is 7. The number of ether oxygens (including phenoxy) is 1. The summed E-state index contributed by atoms with van der Waals surface area (Å²) in [6.07, 6.45) is -1.28. The highest BCUT2D eigenvalue weighted by molar-refractivity contribution is 5.73. The van der Waals surface area contributed by atoms with Gasteiger partial charge >= 0.3 is 5.97 Å². The number of aliphatic hydroxyl groups excluding tert-OH is 3. The van der Waals surface area contributed by atoms with Crippen molar-refractivity contribution in [2.45, 2.75) is 37.0 Å². The Kier molecular flexibility index (Phi) is 4.35. The van der Waals surface area contributed by atoms with E-state index in [1.807, 2.05) is 0 Å². The molecule has 5 atom stereocenters. The quantitative estimate of drug-likeness (QED) is 0.397. The molecule has 2 rings (SSSR count). The number of rotatable bonds is 5. The van der Waals surface area contributed by atoms with E-state index in [9.17, 15) is 15.0 Å². The summed E-state index contributed by atoms with van der Waals surface area (Å²) in [5.74, 6) is -1.13. The van der Waals surface area contributed by atoms with Gasteiger partial charge in [-0.05, 0) is 0 Å². The standard InChI is InChI=1S/C11H17N3O6/c12-6(11(18)19)1-5-2-14(4-13-5)10-9(17)8(16)7(3-15)20-10/h2,4,6-10,15-17H,1,3,12H2,(H,18,19). The van der Waals surface area contributed by atoms with Crippen LogP contribution in [0.1, 0.15) is 11.9 Å². The highest BCUT2D eigenvalue weighted by atomic mass is 16.6. The van der Waals surface area contributed by atoms with Crippen LogP contribution in [-0.4, -0.2) is 66.9 Å². The Morgan fingerprint density at radius 2 is 2.20 bits per heavy atom. The van der Waals surface area contributed by atoms with Crippen LogP contribution in [0.5, 0.6) is 0 Å². The van der Waals surface area contributed by atoms with Crippen LogP contribution in [0.3, 0.4) is 0 Å². The lowest BCUT2D eigenvalue weighted by atomic mass is 10.1. The van der Waals surface area contributed by atoms with Gasteiger partial charge in [-0.15, -0.1) is 0 Å². The topological polar surface area (TPSA) is 151 Å². The van der Waals surface area contributed by atoms with Crippen LogP contribution in [-0.2, 0) is 16.0 Å². The van der Waals surface area contributed by atoms with E-state index in [0.717, 1.165) is 0 Å². The Labute approximate surface area is 114 Å². The summed E-state index contributed by atoms with van der Waals surface area (Å²) < 4.78 is 6.72. The first kappa shape index (κ1) is 14.9. The highest BCUT2D eigenvalue weighted by Gasteiger charge is 2.43. The molecule has 1 saturated heterocycles. The van der Waals surface area contributed by atoms with E-state index in [2.05, 4.69) is 4.98 Å². The van der Waals surface area contributed by atoms with Crippen LogP contribution in [0.2, 0.25) is 0 Å². The number of aliphatic hydroxyl groups is 3. The predicted molar refractivity (Wildman–Crippen MR) is 64.6 cm³/mol. The summed E-state index contributed by atoms with van der Waals surface area (Å²) in [5, 5.41) is 37.2. The summed E-state index contributed by atoms with van der Waals surface area (Å²) in [4.78, 5) is 14.6. The van der Waals surface area contributed by atoms with Crippen LogP contribution in [0, 0.1) is 0 Å². The highest BCUT2D eigenvalue weighted by Crippen LogP contribution is 2.29. The zero-order valence-corrected chi connectivity index (χ0v) is 10.5. The fraction of sp³-hybridized carbons (Fsp3) is 0.636. The Morgan fingerprint density at radius 1 is 1.50 bits per heavy atom. The van der Waals surface area contributed by atoms with Crippen molar-refractivity contribution in [3.8, 4) is 0 Å². The fourth-order valence-electron chi connectivity index (χ4n) is 2.06. The van der Waals surface area contributed by atoms with Crippen LogP contribution >= 0.6 is 0 Å². The third-order valence-corrected chi connectivity index (χ3v) is 3.21. The lowest BCUT2D eigenvalue weighted by Crippen LogP contribution is -2.33. The largest absolute Gasteiger partial charge is 0.480 e. The van der Waals surface area contributed by atoms with Gasteiger partial charge in [0, 0.05) is 12.6 Å². The van der Waals surface area contributed by atoms with Crippen molar-refractivity contribution in [2.75, 3.05) is 6.61 Å². The number of nitrogens with two attached hydrogens (primary N) is 1. The van der Waals surface area contributed by atoms with Crippen molar-refractivity contribution in [2.24, 2.45) is 5.73 Å². The number of carboxylic acid groups (broad SMARTS) is 1. The van der Waals surface area contributed by atoms with E-state index in [1.54, 1.807) is 0 Å². The number of carboxylic acids is 1. The minimum Gasteiger partial charge on any atom is -0.480 e. The van der Waals surface area contributed by atoms with Gasteiger partial charge in [0.25, 0.3) is 0 Å². The molecule has 0 aromatic carbocycles. The molecular weight excluding hydrogens is 270 g/mol. The van der Waals surface area contributed by atoms with Gasteiger partial charge in [-0.25, -0.2) is 4.98 Å². The lowest BCUT2D eigenvalue weighted by molar-refractivity contribution is -0.138. The molecule has 1 aliphatic heterocycles. The zero-order valence-electron chi connectivity index (χ0n) is 10.5. The third kappa shape index (κ3) is 2.81. The maximum Gasteiger partial charge on any atom is 0.320 e. The van der Waals surface area contributed by atoms with Gasteiger partial charge in [0.15, 0.2) is 6.23 Å². The summed E-state index contributed by atoms with van der Waals surface area (Å²) in [6.45, 7) is -0.416. The Morgan fingerprint density at radius 3 is 2.75 bits per heavy atom. The number of aromatic nitrogens is 2. The fourth-order valence-corrected chi connectivity index (χ4v) is 2.06. The average molecular weight is 287 g/mol. The molecule has 112 valence electrons. The van der Waals surface area contributed by atoms with Gasteiger partial charge in [-0.1, -0.05) is 0 Å². The van der Waals surface area contributed by atoms with Gasteiger partial charge in [0.1, 0.15) is 24.4 Å². The normalized spacial score (nSPS) is 31.4. The van der Waals surface area contributed by atoms with Gasteiger partial charge in [-0.3, -0.25) is 4.79 Å². The minimum atomic E-state index is -1.21. The molecule has 0 bridgehead atoms. The molecule has 9 heteroatoms. The molecule has 20 heavy (non-hydrogen) atoms. The average Bonchev–Trinajstić information content (AvgIpc) is 2.96. The summed E-state index contributed by atoms with van der Waals surface area (Å²) >= 11 is 0. The second-order valence-corrected chi connectivity index (χ2v) is 4.69. The van der Waals surface area contributed by atoms with Crippen LogP contribution < -0.4 is 5.73 Å². The number of nitrogens with zero attached hydrogens (tertiary/aromatic N) is 2. The molecule has 0 radical (unpaired) electrons. The van der Waals surface area contributed by atoms with Gasteiger partial charge in [0.05, 0.1) is 18.6 Å². The molecule has 1 aliphatic rings. The van der Waals surface area contributed by atoms with Crippen molar-refractivity contribution in [3.63, 3.8) is 0 Å². The van der Waals surface area contributed by atoms with Gasteiger partial charge in [0.2, 0.25) is 0 Å². The van der Waals surface area contributed by atoms with E-state index in [0.29, 0.717) is 5.69 Å². The van der Waals surface area contributed by atoms with Crippen LogP contribution in [0.4, 0.5) is 0 Å². The van der Waals surface area contributed by atoms with Crippen molar-refractivity contribution in [3.05, 3.63) is 18.2 Å². The smallest absolute Gasteiger partial charge is 0.320 e. The van der Waals surface area contributed by atoms with Crippen molar-refractivity contribution < 1.29 is 30.0 Å². The van der Waals surface area contributed by atoms with E-state index in [-0.39, 0.29) is 6.42 Å². The number of carbonyl (C=O) groups is 1. The lowest BCUT2D eigenvalue weighted by Gasteiger charge is -2.15. The van der Waals surface area contributed by atoms with Crippen molar-refractivity contribution in [1.29, 1.82) is 0 Å². The molecule has 5 unspecified atom stereocenters. The van der Waals surface area contributed by atoms with Crippen molar-refractivity contribution in [1.82, 2.24) is 9.55 Å². The molecule has 1 aromatic heterocycles. The first-order valence-electron chi connectivity index (χ1n) is 6.07. The van der Waals surface area contributed by atoms with Gasteiger partial charge < -0.3 is 35.5 Å². The maximum atomic E-state index is 10.7. The zero-order chi connectivity index (χ0) is 14.9. The number of aliphatic carboxylic acids is 1. The van der Waals surface area contributed by atoms with E-state index >= 15 is 0 Å². The molecule has 1 fully saturated rings. The third-order valence-electron chi connectivity index (χ3n) is 3.21. The number of imidazole rings is 1. The van der Waals surface area contributed by atoms with E-state index in [4.69, 9.17) is 20.7 Å². The Bertz CT molecular complexity index is 478. The van der Waals surface area contributed by atoms with Crippen molar-refractivity contribution >= 4 is 5.97 Å². The molecular formula is C11H17N3O6. The molecule has 0 amide bonds. The molecule has 0 spiro atoms. The summed E-state index contributed by atoms with van der Waals surface area (Å²) in [6, 6.07) is -1.07. The maximum absolute atomic E-state index is 10.7. The SMILES string of the molecule is NC(Cc1cn(C2OC(CO)C(O)C2O)cn1)C(=O)O. The first-order chi connectivity index (χ1) is 9.43. The molecule has 0 saturated carbocycles. The molecule has 0 aliphatic carbocycles. The van der Waals surface area contributed by atoms with Gasteiger partial charge in [-0.2, -0.15) is 0 Å². The second kappa shape index (κ2) is 5.85. The monoisotopic (exact) mass is 287 g/mol. The predicted octanol–water partition coefficient (Wildman–Crippen LogP) is -2.55. The van der Waals surface area contributed by atoms with Crippen LogP contribution in [0.25, 0.3) is 0 Å². The van der Waals surface area contributed by atoms with Crippen LogP contribution in [0.15, 0.2) is 12.5 Å². The second-order valence-electron chi connectivity index (χ2n) is 4.69. The first-order valence-corrected chi connectivity index (χ1v) is 6.07. The minimum absolute atomic E-state index is 0.0388. The Hall–Kier alpha value is -1.52. The molecule has 9 nitrogen and oxygen atoms in total. The summed E-state index contributed by atoms with van der Waals surface area (Å²) in [7, 11) is 0. The van der Waals surface area contributed by atoms with E-state index < -0.39 is 43.2 Å². The Balaban J connectivity index is 2.07. The number of hydrogen-bond donors (Lipinski definition) is 5. The van der Waals surface area contributed by atoms with E-state index in [1.165, 1.54) is 17.1 Å². The summed E-state index contributed by atoms with van der Waals surface area (Å²) in [5.41, 5.74) is 5.83. The molecule has 2 heterocycles. The molecule has 1 aromatic rings. The molecule has 6 N–H and O–H groups in total.